The molecule has 0 bridgehead atoms. The molecule has 6 heteroatoms. The molecule has 114 valence electrons. The zero-order chi connectivity index (χ0) is 14.8. The van der Waals surface area contributed by atoms with Gasteiger partial charge in [-0.05, 0) is 27.7 Å². The van der Waals surface area contributed by atoms with Gasteiger partial charge in [0.1, 0.15) is 12.2 Å². The molecule has 1 atom stereocenters. The van der Waals surface area contributed by atoms with Crippen LogP contribution in [0.1, 0.15) is 39.6 Å². The molecule has 0 amide bonds. The second-order valence-electron chi connectivity index (χ2n) is 6.34. The van der Waals surface area contributed by atoms with Crippen LogP contribution in [-0.2, 0) is 16.0 Å². The molecule has 0 spiro atoms. The first kappa shape index (κ1) is 15.4. The highest BCUT2D eigenvalue weighted by Crippen LogP contribution is 2.22. The van der Waals surface area contributed by atoms with Crippen LogP contribution in [0.25, 0.3) is 0 Å². The number of ether oxygens (including phenoxy) is 2. The van der Waals surface area contributed by atoms with E-state index in [1.807, 2.05) is 4.68 Å². The minimum absolute atomic E-state index is 0.110. The molecule has 1 aromatic heterocycles. The Morgan fingerprint density at radius 3 is 2.90 bits per heavy atom. The number of morpholine rings is 1. The number of aromatic nitrogens is 3. The average Bonchev–Trinajstić information content (AvgIpc) is 2.75. The number of methoxy groups -OCH3 is 1. The van der Waals surface area contributed by atoms with E-state index in [2.05, 4.69) is 42.7 Å². The third-order valence-corrected chi connectivity index (χ3v) is 3.41. The van der Waals surface area contributed by atoms with Crippen molar-refractivity contribution in [2.45, 2.75) is 52.0 Å². The van der Waals surface area contributed by atoms with E-state index in [0.29, 0.717) is 12.6 Å². The molecule has 6 nitrogen and oxygen atoms in total. The summed E-state index contributed by atoms with van der Waals surface area (Å²) in [5, 5.41) is 4.30. The standard InChI is InChI=1S/C14H26N4O2/c1-11(2)18-13(15-10-16-18)7-17-6-12(8-19-5)20-14(3,4)9-17/h10-12H,6-9H2,1-5H3/t12-/m1/s1. The largest absolute Gasteiger partial charge is 0.382 e. The SMILES string of the molecule is COC[C@H]1CN(Cc2ncnn2C(C)C)CC(C)(C)O1. The Labute approximate surface area is 121 Å². The van der Waals surface area contributed by atoms with Gasteiger partial charge in [0.25, 0.3) is 0 Å². The van der Waals surface area contributed by atoms with Gasteiger partial charge in [0.2, 0.25) is 0 Å². The van der Waals surface area contributed by atoms with Crippen molar-refractivity contribution in [3.05, 3.63) is 12.2 Å². The lowest BCUT2D eigenvalue weighted by Gasteiger charge is -2.42. The second-order valence-corrected chi connectivity index (χ2v) is 6.34. The maximum absolute atomic E-state index is 6.03. The van der Waals surface area contributed by atoms with Crippen molar-refractivity contribution < 1.29 is 9.47 Å². The van der Waals surface area contributed by atoms with Crippen LogP contribution in [0.4, 0.5) is 0 Å². The first-order valence-electron chi connectivity index (χ1n) is 7.19. The molecule has 2 rings (SSSR count). The van der Waals surface area contributed by atoms with Gasteiger partial charge in [-0.25, -0.2) is 9.67 Å². The van der Waals surface area contributed by atoms with Gasteiger partial charge in [-0.15, -0.1) is 0 Å². The van der Waals surface area contributed by atoms with Crippen LogP contribution < -0.4 is 0 Å². The maximum Gasteiger partial charge on any atom is 0.141 e. The highest BCUT2D eigenvalue weighted by Gasteiger charge is 2.33. The van der Waals surface area contributed by atoms with E-state index in [1.165, 1.54) is 0 Å². The highest BCUT2D eigenvalue weighted by molar-refractivity contribution is 4.91. The van der Waals surface area contributed by atoms with Crippen molar-refractivity contribution in [1.82, 2.24) is 19.7 Å². The Morgan fingerprint density at radius 2 is 2.25 bits per heavy atom. The third kappa shape index (κ3) is 3.77. The summed E-state index contributed by atoms with van der Waals surface area (Å²) in [6, 6.07) is 0.330. The van der Waals surface area contributed by atoms with Gasteiger partial charge in [-0.1, -0.05) is 0 Å². The lowest BCUT2D eigenvalue weighted by atomic mass is 10.1. The zero-order valence-electron chi connectivity index (χ0n) is 13.2. The molecule has 0 radical (unpaired) electrons. The topological polar surface area (TPSA) is 52.4 Å². The molecular weight excluding hydrogens is 256 g/mol. The molecule has 1 aliphatic rings. The maximum atomic E-state index is 6.03. The molecule has 0 unspecified atom stereocenters. The van der Waals surface area contributed by atoms with Crippen LogP contribution >= 0.6 is 0 Å². The molecule has 20 heavy (non-hydrogen) atoms. The predicted octanol–water partition coefficient (Wildman–Crippen LogP) is 1.48. The van der Waals surface area contributed by atoms with Crippen LogP contribution in [-0.4, -0.2) is 58.2 Å². The van der Waals surface area contributed by atoms with Crippen LogP contribution in [0.3, 0.4) is 0 Å². The van der Waals surface area contributed by atoms with Crippen molar-refractivity contribution >= 4 is 0 Å². The van der Waals surface area contributed by atoms with Crippen molar-refractivity contribution in [1.29, 1.82) is 0 Å². The molecule has 0 aliphatic carbocycles. The van der Waals surface area contributed by atoms with Crippen LogP contribution in [0, 0.1) is 0 Å². The van der Waals surface area contributed by atoms with E-state index in [1.54, 1.807) is 13.4 Å². The third-order valence-electron chi connectivity index (χ3n) is 3.41. The fourth-order valence-corrected chi connectivity index (χ4v) is 2.83. The molecule has 1 aromatic rings. The highest BCUT2D eigenvalue weighted by atomic mass is 16.5. The van der Waals surface area contributed by atoms with E-state index in [0.717, 1.165) is 25.5 Å². The summed E-state index contributed by atoms with van der Waals surface area (Å²) in [5.41, 5.74) is -0.163. The monoisotopic (exact) mass is 282 g/mol. The van der Waals surface area contributed by atoms with E-state index in [4.69, 9.17) is 9.47 Å². The lowest BCUT2D eigenvalue weighted by Crippen LogP contribution is -2.53. The summed E-state index contributed by atoms with van der Waals surface area (Å²) in [4.78, 5) is 6.76. The molecule has 0 N–H and O–H groups in total. The Bertz CT molecular complexity index is 431. The van der Waals surface area contributed by atoms with Gasteiger partial charge in [-0.2, -0.15) is 5.10 Å². The summed E-state index contributed by atoms with van der Waals surface area (Å²) in [5.74, 6) is 1.01. The summed E-state index contributed by atoms with van der Waals surface area (Å²) < 4.78 is 13.2. The van der Waals surface area contributed by atoms with E-state index >= 15 is 0 Å². The van der Waals surface area contributed by atoms with Gasteiger partial charge >= 0.3 is 0 Å². The van der Waals surface area contributed by atoms with Crippen LogP contribution in [0.15, 0.2) is 6.33 Å². The average molecular weight is 282 g/mol. The zero-order valence-corrected chi connectivity index (χ0v) is 13.2. The van der Waals surface area contributed by atoms with Crippen molar-refractivity contribution in [3.63, 3.8) is 0 Å². The minimum atomic E-state index is -0.163. The van der Waals surface area contributed by atoms with Crippen LogP contribution in [0.2, 0.25) is 0 Å². The van der Waals surface area contributed by atoms with E-state index in [9.17, 15) is 0 Å². The molecule has 0 aromatic carbocycles. The summed E-state index contributed by atoms with van der Waals surface area (Å²) in [7, 11) is 1.71. The summed E-state index contributed by atoms with van der Waals surface area (Å²) in [6.07, 6.45) is 1.74. The number of nitrogens with zero attached hydrogens (tertiary/aromatic N) is 4. The molecule has 2 heterocycles. The van der Waals surface area contributed by atoms with Crippen molar-refractivity contribution in [2.75, 3.05) is 26.8 Å². The minimum Gasteiger partial charge on any atom is -0.382 e. The Morgan fingerprint density at radius 1 is 1.50 bits per heavy atom. The first-order valence-corrected chi connectivity index (χ1v) is 7.19. The Hall–Kier alpha value is -0.980. The van der Waals surface area contributed by atoms with E-state index in [-0.39, 0.29) is 11.7 Å². The van der Waals surface area contributed by atoms with Gasteiger partial charge in [0.05, 0.1) is 24.9 Å². The smallest absolute Gasteiger partial charge is 0.141 e. The quantitative estimate of drug-likeness (QED) is 0.819. The molecule has 1 aliphatic heterocycles. The lowest BCUT2D eigenvalue weighted by molar-refractivity contribution is -0.154. The summed E-state index contributed by atoms with van der Waals surface area (Å²) in [6.45, 7) is 11.6. The number of hydrogen-bond donors (Lipinski definition) is 0. The predicted molar refractivity (Wildman–Crippen MR) is 76.5 cm³/mol. The molecule has 0 saturated carbocycles. The van der Waals surface area contributed by atoms with Gasteiger partial charge in [-0.3, -0.25) is 4.90 Å². The van der Waals surface area contributed by atoms with Gasteiger partial charge in [0.15, 0.2) is 0 Å². The fourth-order valence-electron chi connectivity index (χ4n) is 2.83. The van der Waals surface area contributed by atoms with Crippen LogP contribution in [0.5, 0.6) is 0 Å². The molecular formula is C14H26N4O2. The first-order chi connectivity index (χ1) is 9.41. The van der Waals surface area contributed by atoms with Gasteiger partial charge < -0.3 is 9.47 Å². The Kier molecular flexibility index (Phi) is 4.78. The van der Waals surface area contributed by atoms with E-state index < -0.39 is 0 Å². The number of hydrogen-bond acceptors (Lipinski definition) is 5. The summed E-state index contributed by atoms with van der Waals surface area (Å²) >= 11 is 0. The molecule has 1 saturated heterocycles. The second kappa shape index (κ2) is 6.20. The van der Waals surface area contributed by atoms with Gasteiger partial charge in [0, 0.05) is 26.2 Å². The Balaban J connectivity index is 2.05. The fraction of sp³-hybridized carbons (Fsp3) is 0.857. The number of rotatable bonds is 5. The normalized spacial score (nSPS) is 23.4. The van der Waals surface area contributed by atoms with Crippen molar-refractivity contribution in [2.24, 2.45) is 0 Å². The molecule has 1 fully saturated rings. The van der Waals surface area contributed by atoms with Crippen molar-refractivity contribution in [3.8, 4) is 0 Å².